The van der Waals surface area contributed by atoms with Gasteiger partial charge in [-0.2, -0.15) is 0 Å². The zero-order valence-corrected chi connectivity index (χ0v) is 39.3. The summed E-state index contributed by atoms with van der Waals surface area (Å²) in [7, 11) is 0. The van der Waals surface area contributed by atoms with Crippen LogP contribution in [0.2, 0.25) is 0 Å². The van der Waals surface area contributed by atoms with Gasteiger partial charge in [-0.1, -0.05) is 191 Å². The van der Waals surface area contributed by atoms with E-state index in [4.69, 9.17) is 10.5 Å². The summed E-state index contributed by atoms with van der Waals surface area (Å²) < 4.78 is 5.96. The fourth-order valence-corrected chi connectivity index (χ4v) is 7.49. The number of nitrogens with two attached hydrogens (primary N) is 1. The molecule has 0 heterocycles. The van der Waals surface area contributed by atoms with Gasteiger partial charge in [0.25, 0.3) is 0 Å². The molecule has 0 radical (unpaired) electrons. The molecule has 0 aromatic rings. The standard InChI is InChI=1S/C53H96N2O5/c1-3-5-7-9-11-13-15-16-17-18-19-20-21-22-23-24-25-26-28-30-32-37-41-47-52(57)60-49(43-38-34-31-29-27-14-12-10-8-6-4-2)44-39-35-33-36-40-46-51(56)55-50(53(58)59)45-42-48-54/h12,14,18-19,29,31,38,43,49-50H,3-11,13,15-17,20-28,30,32-37,39-42,44-48,54H2,1-2H3,(H,55,56)(H,58,59)/b14-12-,19-18-,31-29-,43-38-. The van der Waals surface area contributed by atoms with Crippen LogP contribution in [-0.2, 0) is 19.1 Å². The second-order valence-electron chi connectivity index (χ2n) is 17.2. The molecule has 0 aromatic carbocycles. The van der Waals surface area contributed by atoms with Crippen LogP contribution >= 0.6 is 0 Å². The third-order valence-electron chi connectivity index (χ3n) is 11.4. The van der Waals surface area contributed by atoms with E-state index >= 15 is 0 Å². The fourth-order valence-electron chi connectivity index (χ4n) is 7.49. The Bertz CT molecular complexity index is 1080. The first kappa shape index (κ1) is 57.3. The van der Waals surface area contributed by atoms with Crippen molar-refractivity contribution in [3.05, 3.63) is 48.6 Å². The number of allylic oxidation sites excluding steroid dienone is 7. The Hall–Kier alpha value is -2.67. The number of nitrogens with one attached hydrogen (secondary N) is 1. The lowest BCUT2D eigenvalue weighted by molar-refractivity contribution is -0.147. The van der Waals surface area contributed by atoms with Crippen LogP contribution in [-0.4, -0.2) is 41.6 Å². The number of unbranched alkanes of at least 4 members (excludes halogenated alkanes) is 26. The van der Waals surface area contributed by atoms with Crippen LogP contribution in [0.25, 0.3) is 0 Å². The zero-order valence-electron chi connectivity index (χ0n) is 39.3. The fraction of sp³-hybridized carbons (Fsp3) is 0.792. The number of carboxylic acids is 1. The summed E-state index contributed by atoms with van der Waals surface area (Å²) in [5.74, 6) is -1.32. The minimum absolute atomic E-state index is 0.0930. The predicted molar refractivity (Wildman–Crippen MR) is 257 cm³/mol. The van der Waals surface area contributed by atoms with Crippen LogP contribution < -0.4 is 11.1 Å². The first-order chi connectivity index (χ1) is 29.4. The van der Waals surface area contributed by atoms with Crippen molar-refractivity contribution in [1.82, 2.24) is 5.32 Å². The summed E-state index contributed by atoms with van der Waals surface area (Å²) in [4.78, 5) is 36.4. The number of aliphatic carboxylic acids is 1. The first-order valence-electron chi connectivity index (χ1n) is 25.5. The lowest BCUT2D eigenvalue weighted by Crippen LogP contribution is -2.40. The number of carboxylic acid groups (broad SMARTS) is 1. The molecule has 0 rings (SSSR count). The Morgan fingerprint density at radius 1 is 0.500 bits per heavy atom. The molecule has 0 aliphatic heterocycles. The van der Waals surface area contributed by atoms with Gasteiger partial charge >= 0.3 is 11.9 Å². The van der Waals surface area contributed by atoms with E-state index in [9.17, 15) is 19.5 Å². The van der Waals surface area contributed by atoms with E-state index in [1.165, 1.54) is 141 Å². The van der Waals surface area contributed by atoms with Crippen molar-refractivity contribution in [2.45, 2.75) is 264 Å². The minimum atomic E-state index is -1.01. The summed E-state index contributed by atoms with van der Waals surface area (Å²) in [5.41, 5.74) is 5.49. The molecule has 60 heavy (non-hydrogen) atoms. The van der Waals surface area contributed by atoms with Crippen molar-refractivity contribution < 1.29 is 24.2 Å². The van der Waals surface area contributed by atoms with Gasteiger partial charge in [0.2, 0.25) is 5.91 Å². The molecule has 348 valence electrons. The maximum Gasteiger partial charge on any atom is 0.326 e. The highest BCUT2D eigenvalue weighted by Crippen LogP contribution is 2.16. The predicted octanol–water partition coefficient (Wildman–Crippen LogP) is 15.1. The summed E-state index contributed by atoms with van der Waals surface area (Å²) >= 11 is 0. The van der Waals surface area contributed by atoms with E-state index in [0.29, 0.717) is 32.2 Å². The van der Waals surface area contributed by atoms with Gasteiger partial charge in [-0.15, -0.1) is 0 Å². The summed E-state index contributed by atoms with van der Waals surface area (Å²) in [5, 5.41) is 11.9. The van der Waals surface area contributed by atoms with Gasteiger partial charge in [-0.3, -0.25) is 9.59 Å². The van der Waals surface area contributed by atoms with E-state index in [1.54, 1.807) is 0 Å². The highest BCUT2D eigenvalue weighted by molar-refractivity contribution is 5.83. The topological polar surface area (TPSA) is 119 Å². The van der Waals surface area contributed by atoms with E-state index in [1.807, 2.05) is 0 Å². The minimum Gasteiger partial charge on any atom is -0.480 e. The Labute approximate surface area is 370 Å². The molecule has 0 fully saturated rings. The highest BCUT2D eigenvalue weighted by Gasteiger charge is 2.19. The lowest BCUT2D eigenvalue weighted by Gasteiger charge is -2.15. The van der Waals surface area contributed by atoms with Gasteiger partial charge in [-0.05, 0) is 103 Å². The smallest absolute Gasteiger partial charge is 0.326 e. The molecule has 0 bridgehead atoms. The molecule has 0 aliphatic carbocycles. The average molecular weight is 841 g/mol. The van der Waals surface area contributed by atoms with Crippen molar-refractivity contribution in [3.8, 4) is 0 Å². The van der Waals surface area contributed by atoms with Crippen LogP contribution in [0.3, 0.4) is 0 Å². The van der Waals surface area contributed by atoms with E-state index in [2.05, 4.69) is 67.8 Å². The Morgan fingerprint density at radius 2 is 0.917 bits per heavy atom. The SMILES string of the molecule is CCCCC/C=C\C/C=C\C/C=C\C(CCCCCCCC(=O)NC(CCCN)C(=O)O)OC(=O)CCCCCCCCCCCCC/C=C\CCCCCCCCCC. The molecule has 0 saturated carbocycles. The van der Waals surface area contributed by atoms with Crippen LogP contribution in [0.15, 0.2) is 48.6 Å². The number of carbonyl (C=O) groups is 3. The molecular formula is C53H96N2O5. The quantitative estimate of drug-likeness (QED) is 0.0319. The van der Waals surface area contributed by atoms with Gasteiger partial charge in [0.1, 0.15) is 12.1 Å². The normalized spacial score (nSPS) is 13.0. The second kappa shape index (κ2) is 47.4. The molecule has 4 N–H and O–H groups in total. The summed E-state index contributed by atoms with van der Waals surface area (Å²) in [6.45, 7) is 4.92. The first-order valence-corrected chi connectivity index (χ1v) is 25.5. The third-order valence-corrected chi connectivity index (χ3v) is 11.4. The number of hydrogen-bond acceptors (Lipinski definition) is 5. The molecular weight excluding hydrogens is 745 g/mol. The Balaban J connectivity index is 4.22. The average Bonchev–Trinajstić information content (AvgIpc) is 3.23. The summed E-state index contributed by atoms with van der Waals surface area (Å²) in [6.07, 6.45) is 59.1. The number of esters is 1. The van der Waals surface area contributed by atoms with E-state index in [0.717, 1.165) is 70.6 Å². The van der Waals surface area contributed by atoms with Crippen molar-refractivity contribution >= 4 is 17.8 Å². The Kier molecular flexibility index (Phi) is 45.3. The maximum atomic E-state index is 12.8. The highest BCUT2D eigenvalue weighted by atomic mass is 16.5. The van der Waals surface area contributed by atoms with Crippen molar-refractivity contribution in [3.63, 3.8) is 0 Å². The zero-order chi connectivity index (χ0) is 43.8. The largest absolute Gasteiger partial charge is 0.480 e. The molecule has 0 spiro atoms. The van der Waals surface area contributed by atoms with Gasteiger partial charge in [0.05, 0.1) is 0 Å². The number of hydrogen-bond donors (Lipinski definition) is 3. The van der Waals surface area contributed by atoms with Crippen LogP contribution in [0, 0.1) is 0 Å². The Morgan fingerprint density at radius 3 is 1.45 bits per heavy atom. The van der Waals surface area contributed by atoms with Crippen molar-refractivity contribution in [2.75, 3.05) is 6.54 Å². The van der Waals surface area contributed by atoms with E-state index in [-0.39, 0.29) is 18.0 Å². The molecule has 2 atom stereocenters. The second-order valence-corrected chi connectivity index (χ2v) is 17.2. The molecule has 0 aromatic heterocycles. The van der Waals surface area contributed by atoms with E-state index < -0.39 is 12.0 Å². The number of rotatable bonds is 46. The summed E-state index contributed by atoms with van der Waals surface area (Å²) in [6, 6.07) is -0.867. The van der Waals surface area contributed by atoms with Crippen LogP contribution in [0.4, 0.5) is 0 Å². The van der Waals surface area contributed by atoms with Crippen molar-refractivity contribution in [2.24, 2.45) is 5.73 Å². The monoisotopic (exact) mass is 841 g/mol. The molecule has 2 unspecified atom stereocenters. The lowest BCUT2D eigenvalue weighted by atomic mass is 10.0. The molecule has 0 saturated heterocycles. The number of amides is 1. The van der Waals surface area contributed by atoms with Gasteiger partial charge in [-0.25, -0.2) is 4.79 Å². The van der Waals surface area contributed by atoms with Crippen LogP contribution in [0.5, 0.6) is 0 Å². The number of carbonyl (C=O) groups excluding carboxylic acids is 2. The molecule has 0 aliphatic rings. The van der Waals surface area contributed by atoms with Gasteiger partial charge < -0.3 is 20.9 Å². The molecule has 7 nitrogen and oxygen atoms in total. The molecule has 1 amide bonds. The van der Waals surface area contributed by atoms with Crippen LogP contribution in [0.1, 0.15) is 251 Å². The maximum absolute atomic E-state index is 12.8. The van der Waals surface area contributed by atoms with Gasteiger partial charge in [0.15, 0.2) is 0 Å². The van der Waals surface area contributed by atoms with Gasteiger partial charge in [0, 0.05) is 12.8 Å². The third kappa shape index (κ3) is 43.4. The molecule has 7 heteroatoms. The number of ether oxygens (including phenoxy) is 1. The van der Waals surface area contributed by atoms with Crippen molar-refractivity contribution in [1.29, 1.82) is 0 Å².